The Labute approximate surface area is 154 Å². The van der Waals surface area contributed by atoms with Crippen LogP contribution in [0.15, 0.2) is 29.2 Å². The van der Waals surface area contributed by atoms with Gasteiger partial charge in [-0.25, -0.2) is 8.42 Å². The van der Waals surface area contributed by atoms with Crippen molar-refractivity contribution in [3.8, 4) is 0 Å². The van der Waals surface area contributed by atoms with Gasteiger partial charge in [-0.2, -0.15) is 4.31 Å². The van der Waals surface area contributed by atoms with Gasteiger partial charge in [-0.1, -0.05) is 17.7 Å². The van der Waals surface area contributed by atoms with Crippen LogP contribution in [0.3, 0.4) is 0 Å². The lowest BCUT2D eigenvalue weighted by Crippen LogP contribution is -2.47. The molecule has 1 atom stereocenters. The first-order valence-corrected chi connectivity index (χ1v) is 10.3. The van der Waals surface area contributed by atoms with Crippen LogP contribution >= 0.6 is 0 Å². The van der Waals surface area contributed by atoms with Gasteiger partial charge in [-0.05, 0) is 38.8 Å². The van der Waals surface area contributed by atoms with E-state index >= 15 is 0 Å². The van der Waals surface area contributed by atoms with Gasteiger partial charge in [0, 0.05) is 26.2 Å². The lowest BCUT2D eigenvalue weighted by Gasteiger charge is -2.34. The van der Waals surface area contributed by atoms with Crippen molar-refractivity contribution in [2.75, 3.05) is 26.2 Å². The second-order valence-corrected chi connectivity index (χ2v) is 8.51. The first-order valence-electron chi connectivity index (χ1n) is 8.83. The Bertz CT molecular complexity index is 745. The number of piperidine rings is 1. The van der Waals surface area contributed by atoms with Crippen molar-refractivity contribution < 1.29 is 23.1 Å². The molecular formula is C18H26N2O5S. The smallest absolute Gasteiger partial charge is 0.305 e. The number of amides is 1. The normalized spacial score (nSPS) is 18.5. The quantitative estimate of drug-likeness (QED) is 0.775. The van der Waals surface area contributed by atoms with Crippen LogP contribution in [0.25, 0.3) is 0 Å². The summed E-state index contributed by atoms with van der Waals surface area (Å²) in [4.78, 5) is 25.2. The molecule has 0 aromatic heterocycles. The number of sulfonamides is 1. The minimum Gasteiger partial charge on any atom is -0.481 e. The molecule has 1 aliphatic rings. The molecule has 0 aliphatic carbocycles. The van der Waals surface area contributed by atoms with Gasteiger partial charge in [0.25, 0.3) is 0 Å². The molecule has 1 aliphatic heterocycles. The van der Waals surface area contributed by atoms with Crippen molar-refractivity contribution in [1.82, 2.24) is 9.21 Å². The Hall–Kier alpha value is -1.93. The highest BCUT2D eigenvalue weighted by molar-refractivity contribution is 7.89. The molecule has 26 heavy (non-hydrogen) atoms. The highest BCUT2D eigenvalue weighted by atomic mass is 32.2. The van der Waals surface area contributed by atoms with E-state index in [0.29, 0.717) is 25.9 Å². The van der Waals surface area contributed by atoms with Crippen LogP contribution in [-0.2, 0) is 19.6 Å². The van der Waals surface area contributed by atoms with Crippen molar-refractivity contribution >= 4 is 21.9 Å². The molecule has 1 N–H and O–H groups in total. The van der Waals surface area contributed by atoms with Crippen molar-refractivity contribution in [3.05, 3.63) is 29.8 Å². The molecule has 0 saturated carbocycles. The Balaban J connectivity index is 2.11. The van der Waals surface area contributed by atoms with E-state index in [4.69, 9.17) is 5.11 Å². The van der Waals surface area contributed by atoms with Gasteiger partial charge in [0.15, 0.2) is 0 Å². The third-order valence-corrected chi connectivity index (χ3v) is 6.56. The number of rotatable bonds is 7. The molecule has 1 heterocycles. The molecule has 1 aromatic carbocycles. The van der Waals surface area contributed by atoms with E-state index in [-0.39, 0.29) is 30.3 Å². The third-order valence-electron chi connectivity index (χ3n) is 4.68. The molecule has 1 fully saturated rings. The summed E-state index contributed by atoms with van der Waals surface area (Å²) in [6.07, 6.45) is 1.11. The lowest BCUT2D eigenvalue weighted by atomic mass is 9.98. The summed E-state index contributed by atoms with van der Waals surface area (Å²) in [7, 11) is -3.63. The number of nitrogens with zero attached hydrogens (tertiary/aromatic N) is 2. The molecule has 144 valence electrons. The van der Waals surface area contributed by atoms with Crippen molar-refractivity contribution in [2.45, 2.75) is 38.0 Å². The van der Waals surface area contributed by atoms with Gasteiger partial charge >= 0.3 is 5.97 Å². The van der Waals surface area contributed by atoms with E-state index in [1.165, 1.54) is 9.21 Å². The average Bonchev–Trinajstić information content (AvgIpc) is 2.62. The molecular weight excluding hydrogens is 356 g/mol. The molecule has 7 nitrogen and oxygen atoms in total. The molecule has 0 radical (unpaired) electrons. The third kappa shape index (κ3) is 4.82. The number of aliphatic carboxylic acids is 1. The fourth-order valence-electron chi connectivity index (χ4n) is 3.13. The predicted molar refractivity (Wildman–Crippen MR) is 97.2 cm³/mol. The lowest BCUT2D eigenvalue weighted by molar-refractivity contribution is -0.140. The molecule has 1 saturated heterocycles. The number of carboxylic acids is 1. The SMILES string of the molecule is CCN(CCC(=O)O)C(=O)C1CCCN(S(=O)(=O)c2ccc(C)cc2)C1. The fourth-order valence-corrected chi connectivity index (χ4v) is 4.66. The van der Waals surface area contributed by atoms with Gasteiger partial charge in [0.05, 0.1) is 17.2 Å². The predicted octanol–water partition coefficient (Wildman–Crippen LogP) is 1.72. The van der Waals surface area contributed by atoms with E-state index in [9.17, 15) is 18.0 Å². The maximum atomic E-state index is 12.8. The topological polar surface area (TPSA) is 95.0 Å². The standard InChI is InChI=1S/C18H26N2O5S/c1-3-19(12-10-17(21)22)18(23)15-5-4-11-20(13-15)26(24,25)16-8-6-14(2)7-9-16/h6-9,15H,3-5,10-13H2,1-2H3,(H,21,22). The highest BCUT2D eigenvalue weighted by Gasteiger charge is 2.34. The zero-order chi connectivity index (χ0) is 19.3. The van der Waals surface area contributed by atoms with E-state index in [0.717, 1.165) is 5.56 Å². The zero-order valence-corrected chi connectivity index (χ0v) is 16.0. The van der Waals surface area contributed by atoms with Crippen molar-refractivity contribution in [2.24, 2.45) is 5.92 Å². The van der Waals surface area contributed by atoms with Crippen LogP contribution in [-0.4, -0.2) is 60.8 Å². The van der Waals surface area contributed by atoms with Crippen LogP contribution in [0, 0.1) is 12.8 Å². The van der Waals surface area contributed by atoms with Crippen LogP contribution in [0.5, 0.6) is 0 Å². The summed E-state index contributed by atoms with van der Waals surface area (Å²) in [6, 6.07) is 6.68. The number of carbonyl (C=O) groups is 2. The molecule has 2 rings (SSSR count). The molecule has 1 unspecified atom stereocenters. The molecule has 8 heteroatoms. The van der Waals surface area contributed by atoms with Crippen LogP contribution in [0.1, 0.15) is 31.7 Å². The summed E-state index contributed by atoms with van der Waals surface area (Å²) in [5.74, 6) is -1.56. The minimum atomic E-state index is -3.63. The average molecular weight is 382 g/mol. The molecule has 1 amide bonds. The number of aryl methyl sites for hydroxylation is 1. The Kier molecular flexibility index (Phi) is 6.77. The van der Waals surface area contributed by atoms with Crippen LogP contribution < -0.4 is 0 Å². The van der Waals surface area contributed by atoms with Gasteiger partial charge < -0.3 is 10.0 Å². The second kappa shape index (κ2) is 8.64. The largest absolute Gasteiger partial charge is 0.481 e. The molecule has 0 spiro atoms. The summed E-state index contributed by atoms with van der Waals surface area (Å²) >= 11 is 0. The number of hydrogen-bond acceptors (Lipinski definition) is 4. The Morgan fingerprint density at radius 3 is 2.50 bits per heavy atom. The van der Waals surface area contributed by atoms with E-state index in [1.807, 2.05) is 6.92 Å². The maximum Gasteiger partial charge on any atom is 0.305 e. The van der Waals surface area contributed by atoms with Gasteiger partial charge in [0.1, 0.15) is 0 Å². The van der Waals surface area contributed by atoms with Gasteiger partial charge in [-0.3, -0.25) is 9.59 Å². The molecule has 0 bridgehead atoms. The fraction of sp³-hybridized carbons (Fsp3) is 0.556. The van der Waals surface area contributed by atoms with Crippen molar-refractivity contribution in [1.29, 1.82) is 0 Å². The van der Waals surface area contributed by atoms with Gasteiger partial charge in [-0.15, -0.1) is 0 Å². The first-order chi connectivity index (χ1) is 12.3. The Morgan fingerprint density at radius 1 is 1.27 bits per heavy atom. The zero-order valence-electron chi connectivity index (χ0n) is 15.2. The maximum absolute atomic E-state index is 12.8. The summed E-state index contributed by atoms with van der Waals surface area (Å²) in [5, 5.41) is 8.82. The van der Waals surface area contributed by atoms with Gasteiger partial charge in [0.2, 0.25) is 15.9 Å². The number of carbonyl (C=O) groups excluding carboxylic acids is 1. The molecule has 1 aromatic rings. The van der Waals surface area contributed by atoms with Crippen LogP contribution in [0.4, 0.5) is 0 Å². The van der Waals surface area contributed by atoms with Crippen LogP contribution in [0.2, 0.25) is 0 Å². The second-order valence-electron chi connectivity index (χ2n) is 6.58. The van der Waals surface area contributed by atoms with Crippen molar-refractivity contribution in [3.63, 3.8) is 0 Å². The van der Waals surface area contributed by atoms with E-state index < -0.39 is 21.9 Å². The summed E-state index contributed by atoms with van der Waals surface area (Å²) in [5.41, 5.74) is 0.979. The summed E-state index contributed by atoms with van der Waals surface area (Å²) < 4.78 is 27.1. The van der Waals surface area contributed by atoms with E-state index in [2.05, 4.69) is 0 Å². The monoisotopic (exact) mass is 382 g/mol. The summed E-state index contributed by atoms with van der Waals surface area (Å²) in [6.45, 7) is 4.77. The first kappa shape index (κ1) is 20.4. The Morgan fingerprint density at radius 2 is 1.92 bits per heavy atom. The minimum absolute atomic E-state index is 0.113. The van der Waals surface area contributed by atoms with E-state index in [1.54, 1.807) is 31.2 Å². The highest BCUT2D eigenvalue weighted by Crippen LogP contribution is 2.25. The number of hydrogen-bond donors (Lipinski definition) is 1. The number of benzene rings is 1. The number of carboxylic acid groups (broad SMARTS) is 1.